The Balaban J connectivity index is 3.24. The van der Waals surface area contributed by atoms with Gasteiger partial charge in [0.15, 0.2) is 0 Å². The molecule has 1 rings (SSSR count). The summed E-state index contributed by atoms with van der Waals surface area (Å²) in [7, 11) is 0. The van der Waals surface area contributed by atoms with Crippen molar-refractivity contribution in [3.8, 4) is 0 Å². The van der Waals surface area contributed by atoms with Crippen molar-refractivity contribution < 1.29 is 9.90 Å². The molecule has 0 aliphatic carbocycles. The highest BCUT2D eigenvalue weighted by molar-refractivity contribution is 9.10. The molecule has 0 fully saturated rings. The first kappa shape index (κ1) is 15.3. The maximum atomic E-state index is 11.2. The van der Waals surface area contributed by atoms with Gasteiger partial charge in [0.1, 0.15) is 11.4 Å². The highest BCUT2D eigenvalue weighted by atomic mass is 79.9. The van der Waals surface area contributed by atoms with E-state index >= 15 is 0 Å². The van der Waals surface area contributed by atoms with Crippen LogP contribution in [0.4, 0.5) is 0 Å². The predicted molar refractivity (Wildman–Crippen MR) is 73.6 cm³/mol. The molecule has 0 unspecified atom stereocenters. The molecule has 0 spiro atoms. The van der Waals surface area contributed by atoms with Crippen LogP contribution in [-0.2, 0) is 10.4 Å². The molecular formula is C11H10BrCl3O2. The highest BCUT2D eigenvalue weighted by Crippen LogP contribution is 2.47. The van der Waals surface area contributed by atoms with E-state index in [0.717, 1.165) is 4.47 Å². The zero-order valence-corrected chi connectivity index (χ0v) is 12.7. The number of aliphatic hydroxyl groups is 1. The summed E-state index contributed by atoms with van der Waals surface area (Å²) in [5.41, 5.74) is -1.44. The standard InChI is InChI=1S/C11H10BrCl3O2/c1-7(16)6-10(17,11(13,14)15)8-2-4-9(12)5-3-8/h2-5,17H,6H2,1H3/t10-/m0/s1. The Kier molecular flexibility index (Phi) is 4.89. The van der Waals surface area contributed by atoms with E-state index in [4.69, 9.17) is 34.8 Å². The van der Waals surface area contributed by atoms with Gasteiger partial charge in [-0.1, -0.05) is 62.9 Å². The first-order valence-electron chi connectivity index (χ1n) is 4.71. The van der Waals surface area contributed by atoms with Gasteiger partial charge in [0, 0.05) is 10.9 Å². The van der Waals surface area contributed by atoms with E-state index in [-0.39, 0.29) is 12.2 Å². The molecule has 6 heteroatoms. The van der Waals surface area contributed by atoms with E-state index in [1.165, 1.54) is 6.92 Å². The minimum absolute atomic E-state index is 0.259. The largest absolute Gasteiger partial charge is 0.380 e. The fourth-order valence-corrected chi connectivity index (χ4v) is 2.24. The van der Waals surface area contributed by atoms with Crippen LogP contribution in [0.3, 0.4) is 0 Å². The van der Waals surface area contributed by atoms with Crippen molar-refractivity contribution in [1.29, 1.82) is 0 Å². The van der Waals surface area contributed by atoms with Crippen LogP contribution >= 0.6 is 50.7 Å². The van der Waals surface area contributed by atoms with Gasteiger partial charge in [-0.15, -0.1) is 0 Å². The smallest absolute Gasteiger partial charge is 0.223 e. The normalized spacial score (nSPS) is 15.4. The van der Waals surface area contributed by atoms with Gasteiger partial charge in [-0.3, -0.25) is 4.79 Å². The van der Waals surface area contributed by atoms with Crippen molar-refractivity contribution in [2.45, 2.75) is 22.7 Å². The third kappa shape index (κ3) is 3.58. The molecule has 94 valence electrons. The second-order valence-corrected chi connectivity index (χ2v) is 6.94. The lowest BCUT2D eigenvalue weighted by atomic mass is 9.90. The summed E-state index contributed by atoms with van der Waals surface area (Å²) < 4.78 is -1.15. The summed E-state index contributed by atoms with van der Waals surface area (Å²) in [6, 6.07) is 6.62. The maximum Gasteiger partial charge on any atom is 0.223 e. The molecule has 0 saturated carbocycles. The zero-order chi connectivity index (χ0) is 13.3. The first-order valence-corrected chi connectivity index (χ1v) is 6.64. The van der Waals surface area contributed by atoms with Crippen LogP contribution in [0.5, 0.6) is 0 Å². The van der Waals surface area contributed by atoms with Crippen molar-refractivity contribution in [1.82, 2.24) is 0 Å². The molecule has 0 aliphatic heterocycles. The number of ketones is 1. The molecule has 1 aromatic rings. The van der Waals surface area contributed by atoms with Crippen molar-refractivity contribution in [3.05, 3.63) is 34.3 Å². The maximum absolute atomic E-state index is 11.2. The average molecular weight is 360 g/mol. The molecule has 1 aromatic carbocycles. The van der Waals surface area contributed by atoms with Crippen LogP contribution in [0.2, 0.25) is 0 Å². The van der Waals surface area contributed by atoms with Gasteiger partial charge in [0.25, 0.3) is 0 Å². The lowest BCUT2D eigenvalue weighted by Crippen LogP contribution is -2.41. The number of Topliss-reactive ketones (excluding diaryl/α,β-unsaturated/α-hetero) is 1. The Hall–Kier alpha value is 0.200. The van der Waals surface area contributed by atoms with Gasteiger partial charge in [-0.2, -0.15) is 0 Å². The molecule has 0 saturated heterocycles. The topological polar surface area (TPSA) is 37.3 Å². The fourth-order valence-electron chi connectivity index (χ4n) is 1.45. The van der Waals surface area contributed by atoms with Gasteiger partial charge in [-0.05, 0) is 24.6 Å². The molecule has 17 heavy (non-hydrogen) atoms. The Morgan fingerprint density at radius 1 is 1.29 bits per heavy atom. The Bertz CT molecular complexity index is 414. The summed E-state index contributed by atoms with van der Waals surface area (Å²) in [5, 5.41) is 10.4. The molecule has 1 N–H and O–H groups in total. The van der Waals surface area contributed by atoms with Crippen molar-refractivity contribution in [2.75, 3.05) is 0 Å². The van der Waals surface area contributed by atoms with Gasteiger partial charge in [0.05, 0.1) is 0 Å². The second kappa shape index (κ2) is 5.45. The summed E-state index contributed by atoms with van der Waals surface area (Å²) in [5.74, 6) is -0.262. The highest BCUT2D eigenvalue weighted by Gasteiger charge is 2.49. The molecule has 0 aliphatic rings. The monoisotopic (exact) mass is 358 g/mol. The number of alkyl halides is 3. The minimum Gasteiger partial charge on any atom is -0.380 e. The number of rotatable bonds is 3. The molecule has 0 bridgehead atoms. The predicted octanol–water partition coefficient (Wildman–Crippen LogP) is 3.99. The van der Waals surface area contributed by atoms with Crippen molar-refractivity contribution >= 4 is 56.5 Å². The summed E-state index contributed by atoms with van der Waals surface area (Å²) >= 11 is 20.6. The number of hydrogen-bond donors (Lipinski definition) is 1. The molecule has 0 aromatic heterocycles. The van der Waals surface area contributed by atoms with E-state index in [1.807, 2.05) is 0 Å². The van der Waals surface area contributed by atoms with Gasteiger partial charge in [0.2, 0.25) is 3.79 Å². The van der Waals surface area contributed by atoms with E-state index < -0.39 is 9.39 Å². The van der Waals surface area contributed by atoms with Crippen LogP contribution in [0.15, 0.2) is 28.7 Å². The first-order chi connectivity index (χ1) is 7.67. The number of carbonyl (C=O) groups is 1. The van der Waals surface area contributed by atoms with E-state index in [1.54, 1.807) is 24.3 Å². The minimum atomic E-state index is -1.98. The number of halogens is 4. The van der Waals surface area contributed by atoms with E-state index in [0.29, 0.717) is 5.56 Å². The van der Waals surface area contributed by atoms with Crippen LogP contribution < -0.4 is 0 Å². The lowest BCUT2D eigenvalue weighted by Gasteiger charge is -2.34. The summed E-state index contributed by atoms with van der Waals surface area (Å²) in [4.78, 5) is 11.2. The van der Waals surface area contributed by atoms with Crippen molar-refractivity contribution in [3.63, 3.8) is 0 Å². The Morgan fingerprint density at radius 3 is 2.12 bits per heavy atom. The number of carbonyl (C=O) groups excluding carboxylic acids is 1. The average Bonchev–Trinajstić information content (AvgIpc) is 2.15. The number of benzene rings is 1. The van der Waals surface area contributed by atoms with Gasteiger partial charge in [-0.25, -0.2) is 0 Å². The van der Waals surface area contributed by atoms with E-state index in [2.05, 4.69) is 15.9 Å². The summed E-state index contributed by atoms with van der Waals surface area (Å²) in [6.45, 7) is 1.33. The zero-order valence-electron chi connectivity index (χ0n) is 8.88. The lowest BCUT2D eigenvalue weighted by molar-refractivity contribution is -0.122. The third-order valence-electron chi connectivity index (χ3n) is 2.30. The molecule has 0 radical (unpaired) electrons. The molecular weight excluding hydrogens is 350 g/mol. The molecule has 1 atom stereocenters. The SMILES string of the molecule is CC(=O)C[C@](O)(c1ccc(Br)cc1)C(Cl)(Cl)Cl. The quantitative estimate of drug-likeness (QED) is 0.828. The Labute approximate surface area is 123 Å². The van der Waals surface area contributed by atoms with Crippen molar-refractivity contribution in [2.24, 2.45) is 0 Å². The number of hydrogen-bond acceptors (Lipinski definition) is 2. The fraction of sp³-hybridized carbons (Fsp3) is 0.364. The molecule has 0 amide bonds. The van der Waals surface area contributed by atoms with Crippen LogP contribution in [0.25, 0.3) is 0 Å². The second-order valence-electron chi connectivity index (χ2n) is 3.74. The van der Waals surface area contributed by atoms with Crippen LogP contribution in [-0.4, -0.2) is 14.7 Å². The Morgan fingerprint density at radius 2 is 1.76 bits per heavy atom. The van der Waals surface area contributed by atoms with E-state index in [9.17, 15) is 9.90 Å². The molecule has 0 heterocycles. The summed E-state index contributed by atoms with van der Waals surface area (Å²) in [6.07, 6.45) is -0.259. The van der Waals surface area contributed by atoms with Gasteiger partial charge >= 0.3 is 0 Å². The van der Waals surface area contributed by atoms with Crippen LogP contribution in [0, 0.1) is 0 Å². The van der Waals surface area contributed by atoms with Gasteiger partial charge < -0.3 is 5.11 Å². The van der Waals surface area contributed by atoms with Crippen LogP contribution in [0.1, 0.15) is 18.9 Å². The molecule has 2 nitrogen and oxygen atoms in total. The third-order valence-corrected chi connectivity index (χ3v) is 3.76.